The van der Waals surface area contributed by atoms with Gasteiger partial charge in [0, 0.05) is 49.2 Å². The molecule has 1 aromatic carbocycles. The number of carbonyl (C=O) groups excluding carboxylic acids is 1. The zero-order chi connectivity index (χ0) is 26.2. The molecule has 2 heterocycles. The number of carbonyl (C=O) groups is 1. The summed E-state index contributed by atoms with van der Waals surface area (Å²) in [6.07, 6.45) is 6.86. The first-order valence-electron chi connectivity index (χ1n) is 13.0. The third kappa shape index (κ3) is 7.03. The van der Waals surface area contributed by atoms with Crippen molar-refractivity contribution in [2.24, 2.45) is 9.98 Å². The van der Waals surface area contributed by atoms with Gasteiger partial charge >= 0.3 is 0 Å². The minimum atomic E-state index is -0.199. The lowest BCUT2D eigenvalue weighted by atomic mass is 9.93. The first kappa shape index (κ1) is 26.5. The lowest BCUT2D eigenvalue weighted by molar-refractivity contribution is 0.0938. The van der Waals surface area contributed by atoms with E-state index in [0.717, 1.165) is 50.1 Å². The molecule has 0 unspecified atom stereocenters. The molecule has 1 amide bonds. The molecule has 4 rings (SSSR count). The molecule has 0 atom stereocenters. The number of aromatic nitrogens is 2. The van der Waals surface area contributed by atoms with Gasteiger partial charge in [0.1, 0.15) is 29.3 Å². The number of benzene rings is 1. The lowest BCUT2D eigenvalue weighted by Crippen LogP contribution is -2.36. The Morgan fingerprint density at radius 3 is 2.62 bits per heavy atom. The minimum Gasteiger partial charge on any atom is -0.488 e. The molecule has 10 heteroatoms. The maximum absolute atomic E-state index is 12.3. The summed E-state index contributed by atoms with van der Waals surface area (Å²) in [6, 6.07) is 6.09. The van der Waals surface area contributed by atoms with Crippen LogP contribution in [0, 0.1) is 0 Å². The van der Waals surface area contributed by atoms with Crippen LogP contribution in [-0.2, 0) is 4.74 Å². The number of ether oxygens (including phenoxy) is 2. The predicted molar refractivity (Wildman–Crippen MR) is 147 cm³/mol. The van der Waals surface area contributed by atoms with Crippen LogP contribution in [0.15, 0.2) is 34.5 Å². The van der Waals surface area contributed by atoms with Crippen LogP contribution in [0.3, 0.4) is 0 Å². The summed E-state index contributed by atoms with van der Waals surface area (Å²) >= 11 is 0. The van der Waals surface area contributed by atoms with Crippen molar-refractivity contribution in [3.63, 3.8) is 0 Å². The molecule has 2 N–H and O–H groups in total. The third-order valence-corrected chi connectivity index (χ3v) is 6.48. The molecule has 0 bridgehead atoms. The van der Waals surface area contributed by atoms with Crippen molar-refractivity contribution in [2.45, 2.75) is 64.6 Å². The molecule has 2 fully saturated rings. The molecule has 10 nitrogen and oxygen atoms in total. The second-order valence-electron chi connectivity index (χ2n) is 9.61. The first-order valence-corrected chi connectivity index (χ1v) is 13.0. The van der Waals surface area contributed by atoms with Gasteiger partial charge in [0.05, 0.1) is 25.0 Å². The van der Waals surface area contributed by atoms with Gasteiger partial charge in [-0.15, -0.1) is 0 Å². The Labute approximate surface area is 218 Å². The molecule has 1 saturated heterocycles. The summed E-state index contributed by atoms with van der Waals surface area (Å²) in [5.41, 5.74) is 2.84. The summed E-state index contributed by atoms with van der Waals surface area (Å²) in [7, 11) is 0. The number of hydrogen-bond acceptors (Lipinski definition) is 9. The van der Waals surface area contributed by atoms with Crippen molar-refractivity contribution < 1.29 is 14.3 Å². The van der Waals surface area contributed by atoms with E-state index in [9.17, 15) is 4.79 Å². The SMILES string of the molecule is C=Nc1c(N=CC)cc(N2CCOCC2)cc1OC1CCC(Nc2cc(C(=O)NC(C)C)ncn2)CC1. The van der Waals surface area contributed by atoms with Gasteiger partial charge in [-0.3, -0.25) is 14.8 Å². The first-order chi connectivity index (χ1) is 18.0. The zero-order valence-electron chi connectivity index (χ0n) is 21.9. The van der Waals surface area contributed by atoms with Gasteiger partial charge in [0.25, 0.3) is 5.91 Å². The Bertz CT molecular complexity index is 1110. The Morgan fingerprint density at radius 2 is 1.95 bits per heavy atom. The fourth-order valence-electron chi connectivity index (χ4n) is 4.68. The van der Waals surface area contributed by atoms with Gasteiger partial charge < -0.3 is 25.0 Å². The molecular weight excluding hydrogens is 470 g/mol. The molecule has 37 heavy (non-hydrogen) atoms. The average molecular weight is 508 g/mol. The number of amides is 1. The highest BCUT2D eigenvalue weighted by Crippen LogP contribution is 2.43. The highest BCUT2D eigenvalue weighted by molar-refractivity contribution is 5.93. The Kier molecular flexibility index (Phi) is 9.05. The smallest absolute Gasteiger partial charge is 0.270 e. The third-order valence-electron chi connectivity index (χ3n) is 6.48. The van der Waals surface area contributed by atoms with Crippen LogP contribution in [0.25, 0.3) is 0 Å². The second kappa shape index (κ2) is 12.6. The Hall–Kier alpha value is -3.53. The van der Waals surface area contributed by atoms with Crippen LogP contribution in [0.4, 0.5) is 22.9 Å². The molecule has 2 aliphatic rings. The maximum Gasteiger partial charge on any atom is 0.270 e. The van der Waals surface area contributed by atoms with Crippen molar-refractivity contribution in [2.75, 3.05) is 36.5 Å². The largest absolute Gasteiger partial charge is 0.488 e. The monoisotopic (exact) mass is 507 g/mol. The summed E-state index contributed by atoms with van der Waals surface area (Å²) < 4.78 is 12.0. The van der Waals surface area contributed by atoms with Gasteiger partial charge in [-0.05, 0) is 59.2 Å². The van der Waals surface area contributed by atoms with Gasteiger partial charge in [-0.1, -0.05) is 0 Å². The van der Waals surface area contributed by atoms with Gasteiger partial charge in [-0.2, -0.15) is 0 Å². The minimum absolute atomic E-state index is 0.0466. The number of anilines is 2. The number of hydrogen-bond donors (Lipinski definition) is 2. The molecule has 0 radical (unpaired) electrons. The van der Waals surface area contributed by atoms with E-state index >= 15 is 0 Å². The summed E-state index contributed by atoms with van der Waals surface area (Å²) in [4.78, 5) is 31.8. The molecule has 1 aliphatic heterocycles. The van der Waals surface area contributed by atoms with E-state index in [1.807, 2.05) is 26.8 Å². The van der Waals surface area contributed by atoms with E-state index in [2.05, 4.69) is 48.3 Å². The van der Waals surface area contributed by atoms with Crippen molar-refractivity contribution in [3.05, 3.63) is 30.2 Å². The zero-order valence-corrected chi connectivity index (χ0v) is 21.9. The van der Waals surface area contributed by atoms with Gasteiger partial charge in [-0.25, -0.2) is 9.97 Å². The van der Waals surface area contributed by atoms with Crippen LogP contribution in [0.1, 0.15) is 56.9 Å². The van der Waals surface area contributed by atoms with Crippen LogP contribution in [0.2, 0.25) is 0 Å². The van der Waals surface area contributed by atoms with Crippen molar-refractivity contribution >= 4 is 41.7 Å². The predicted octanol–water partition coefficient (Wildman–Crippen LogP) is 4.31. The topological polar surface area (TPSA) is 113 Å². The van der Waals surface area contributed by atoms with E-state index in [0.29, 0.717) is 36.2 Å². The molecule has 198 valence electrons. The highest BCUT2D eigenvalue weighted by atomic mass is 16.5. The number of morpholine rings is 1. The lowest BCUT2D eigenvalue weighted by Gasteiger charge is -2.32. The van der Waals surface area contributed by atoms with Crippen LogP contribution in [-0.4, -0.2) is 73.3 Å². The Balaban J connectivity index is 1.40. The van der Waals surface area contributed by atoms with Crippen molar-refractivity contribution in [1.82, 2.24) is 15.3 Å². The van der Waals surface area contributed by atoms with Crippen LogP contribution in [0.5, 0.6) is 5.75 Å². The fraction of sp³-hybridized carbons (Fsp3) is 0.519. The summed E-state index contributed by atoms with van der Waals surface area (Å²) in [5, 5.41) is 6.32. The number of aliphatic imine (C=N–C) groups is 2. The standard InChI is InChI=1S/C27H37N7O3/c1-5-29-22-14-20(34-10-12-36-13-11-34)15-24(26(22)28-4)37-21-8-6-19(7-9-21)33-25-16-23(30-17-31-25)27(35)32-18(2)3/h5,14-19,21H,4,6-13H2,1-3H3,(H,32,35)(H,30,31,33). The number of rotatable bonds is 9. The molecular formula is C27H37N7O3. The quantitative estimate of drug-likeness (QED) is 0.486. The maximum atomic E-state index is 12.3. The molecule has 0 spiro atoms. The summed E-state index contributed by atoms with van der Waals surface area (Å²) in [5.74, 6) is 1.18. The van der Waals surface area contributed by atoms with E-state index in [1.54, 1.807) is 12.3 Å². The summed E-state index contributed by atoms with van der Waals surface area (Å²) in [6.45, 7) is 12.6. The Morgan fingerprint density at radius 1 is 1.19 bits per heavy atom. The van der Waals surface area contributed by atoms with E-state index in [4.69, 9.17) is 9.47 Å². The van der Waals surface area contributed by atoms with Crippen LogP contribution >= 0.6 is 0 Å². The second-order valence-corrected chi connectivity index (χ2v) is 9.61. The molecule has 1 saturated carbocycles. The van der Waals surface area contributed by atoms with E-state index in [-0.39, 0.29) is 24.1 Å². The highest BCUT2D eigenvalue weighted by Gasteiger charge is 2.25. The van der Waals surface area contributed by atoms with Crippen molar-refractivity contribution in [1.29, 1.82) is 0 Å². The average Bonchev–Trinajstić information content (AvgIpc) is 2.90. The van der Waals surface area contributed by atoms with Crippen LogP contribution < -0.4 is 20.3 Å². The molecule has 1 aliphatic carbocycles. The molecule has 2 aromatic rings. The van der Waals surface area contributed by atoms with E-state index in [1.165, 1.54) is 6.33 Å². The van der Waals surface area contributed by atoms with Gasteiger partial charge in [0.2, 0.25) is 0 Å². The number of nitrogens with zero attached hydrogens (tertiary/aromatic N) is 5. The number of nitrogens with one attached hydrogen (secondary N) is 2. The molecule has 1 aromatic heterocycles. The fourth-order valence-corrected chi connectivity index (χ4v) is 4.68. The normalized spacial score (nSPS) is 20.2. The van der Waals surface area contributed by atoms with Crippen molar-refractivity contribution in [3.8, 4) is 5.75 Å². The van der Waals surface area contributed by atoms with Gasteiger partial charge in [0.15, 0.2) is 0 Å². The van der Waals surface area contributed by atoms with E-state index < -0.39 is 0 Å².